The Balaban J connectivity index is 1.96. The van der Waals surface area contributed by atoms with Gasteiger partial charge in [0.2, 0.25) is 0 Å². The molecule has 0 radical (unpaired) electrons. The summed E-state index contributed by atoms with van der Waals surface area (Å²) in [5.74, 6) is 2.27. The van der Waals surface area contributed by atoms with E-state index < -0.39 is 0 Å². The summed E-state index contributed by atoms with van der Waals surface area (Å²) < 4.78 is 5.63. The monoisotopic (exact) mass is 270 g/mol. The lowest BCUT2D eigenvalue weighted by Crippen LogP contribution is -2.29. The highest BCUT2D eigenvalue weighted by Gasteiger charge is 2.21. The minimum Gasteiger partial charge on any atom is -0.381 e. The van der Waals surface area contributed by atoms with Gasteiger partial charge in [-0.25, -0.2) is 0 Å². The van der Waals surface area contributed by atoms with Gasteiger partial charge in [-0.1, -0.05) is 27.7 Å². The van der Waals surface area contributed by atoms with Crippen molar-refractivity contribution in [2.24, 2.45) is 17.8 Å². The van der Waals surface area contributed by atoms with Crippen LogP contribution >= 0.6 is 0 Å². The molecule has 1 atom stereocenters. The zero-order valence-corrected chi connectivity index (χ0v) is 13.5. The van der Waals surface area contributed by atoms with Crippen molar-refractivity contribution in [3.05, 3.63) is 0 Å². The van der Waals surface area contributed by atoms with E-state index in [-0.39, 0.29) is 0 Å². The van der Waals surface area contributed by atoms with Gasteiger partial charge < -0.3 is 15.0 Å². The molecule has 3 nitrogen and oxygen atoms in total. The molecule has 0 aliphatic carbocycles. The number of likely N-dealkylation sites (tertiary alicyclic amines) is 1. The molecule has 0 aromatic rings. The van der Waals surface area contributed by atoms with Crippen molar-refractivity contribution in [3.63, 3.8) is 0 Å². The SMILES string of the molecule is CC(C)CNCC1CCN(CCCOCC(C)C)C1. The summed E-state index contributed by atoms with van der Waals surface area (Å²) in [5, 5.41) is 3.58. The van der Waals surface area contributed by atoms with Crippen molar-refractivity contribution in [3.8, 4) is 0 Å². The Morgan fingerprint density at radius 3 is 2.68 bits per heavy atom. The second kappa shape index (κ2) is 9.73. The van der Waals surface area contributed by atoms with Gasteiger partial charge in [-0.3, -0.25) is 0 Å². The first-order chi connectivity index (χ1) is 9.08. The van der Waals surface area contributed by atoms with Gasteiger partial charge in [0.05, 0.1) is 0 Å². The van der Waals surface area contributed by atoms with Crippen molar-refractivity contribution in [2.45, 2.75) is 40.5 Å². The second-order valence-electron chi connectivity index (χ2n) is 6.83. The molecule has 0 saturated carbocycles. The molecule has 3 heteroatoms. The minimum absolute atomic E-state index is 0.656. The number of hydrogen-bond acceptors (Lipinski definition) is 3. The summed E-state index contributed by atoms with van der Waals surface area (Å²) in [6.45, 7) is 16.9. The molecule has 1 N–H and O–H groups in total. The van der Waals surface area contributed by atoms with Crippen molar-refractivity contribution >= 4 is 0 Å². The highest BCUT2D eigenvalue weighted by Crippen LogP contribution is 2.15. The molecule has 1 saturated heterocycles. The van der Waals surface area contributed by atoms with Gasteiger partial charge >= 0.3 is 0 Å². The van der Waals surface area contributed by atoms with Gasteiger partial charge in [0, 0.05) is 26.3 Å². The number of ether oxygens (including phenoxy) is 1. The standard InChI is InChI=1S/C16H34N2O/c1-14(2)10-17-11-16-6-8-18(12-16)7-5-9-19-13-15(3)4/h14-17H,5-13H2,1-4H3. The maximum absolute atomic E-state index is 5.63. The summed E-state index contributed by atoms with van der Waals surface area (Å²) in [6, 6.07) is 0. The van der Waals surface area contributed by atoms with E-state index in [0.29, 0.717) is 5.92 Å². The smallest absolute Gasteiger partial charge is 0.0489 e. The normalized spacial score (nSPS) is 20.8. The fraction of sp³-hybridized carbons (Fsp3) is 1.00. The van der Waals surface area contributed by atoms with E-state index in [1.54, 1.807) is 0 Å². The summed E-state index contributed by atoms with van der Waals surface area (Å²) in [5.41, 5.74) is 0. The van der Waals surface area contributed by atoms with Crippen LogP contribution in [0.15, 0.2) is 0 Å². The third kappa shape index (κ3) is 8.61. The first-order valence-corrected chi connectivity index (χ1v) is 8.08. The molecular weight excluding hydrogens is 236 g/mol. The lowest BCUT2D eigenvalue weighted by molar-refractivity contribution is 0.101. The molecule has 0 aromatic heterocycles. The van der Waals surface area contributed by atoms with Gasteiger partial charge in [-0.15, -0.1) is 0 Å². The van der Waals surface area contributed by atoms with Gasteiger partial charge in [0.25, 0.3) is 0 Å². The quantitative estimate of drug-likeness (QED) is 0.618. The average molecular weight is 270 g/mol. The zero-order chi connectivity index (χ0) is 14.1. The van der Waals surface area contributed by atoms with Gasteiger partial charge in [0.1, 0.15) is 0 Å². The van der Waals surface area contributed by atoms with Crippen molar-refractivity contribution in [1.29, 1.82) is 0 Å². The van der Waals surface area contributed by atoms with E-state index in [0.717, 1.165) is 31.6 Å². The second-order valence-corrected chi connectivity index (χ2v) is 6.83. The molecule has 1 aliphatic heterocycles. The van der Waals surface area contributed by atoms with Gasteiger partial charge in [-0.2, -0.15) is 0 Å². The summed E-state index contributed by atoms with van der Waals surface area (Å²) in [7, 11) is 0. The average Bonchev–Trinajstić information content (AvgIpc) is 2.76. The Hall–Kier alpha value is -0.120. The summed E-state index contributed by atoms with van der Waals surface area (Å²) in [4.78, 5) is 2.60. The lowest BCUT2D eigenvalue weighted by Gasteiger charge is -2.17. The Kier molecular flexibility index (Phi) is 8.67. The fourth-order valence-corrected chi connectivity index (χ4v) is 2.57. The Bertz CT molecular complexity index is 219. The van der Waals surface area contributed by atoms with E-state index in [2.05, 4.69) is 37.9 Å². The first-order valence-electron chi connectivity index (χ1n) is 8.08. The molecular formula is C16H34N2O. The maximum Gasteiger partial charge on any atom is 0.0489 e. The van der Waals surface area contributed by atoms with Crippen LogP contribution in [0.2, 0.25) is 0 Å². The van der Waals surface area contributed by atoms with Gasteiger partial charge in [0.15, 0.2) is 0 Å². The Labute approximate surface area is 120 Å². The highest BCUT2D eigenvalue weighted by atomic mass is 16.5. The van der Waals surface area contributed by atoms with E-state index >= 15 is 0 Å². The van der Waals surface area contributed by atoms with Crippen LogP contribution in [-0.2, 0) is 4.74 Å². The number of nitrogens with one attached hydrogen (secondary N) is 1. The van der Waals surface area contributed by atoms with Crippen LogP contribution in [0.1, 0.15) is 40.5 Å². The summed E-state index contributed by atoms with van der Waals surface area (Å²) in [6.07, 6.45) is 2.54. The van der Waals surface area contributed by atoms with Gasteiger partial charge in [-0.05, 0) is 50.2 Å². The molecule has 114 valence electrons. The maximum atomic E-state index is 5.63. The predicted octanol–water partition coefficient (Wildman–Crippen LogP) is 2.62. The van der Waals surface area contributed by atoms with Crippen LogP contribution in [0.4, 0.5) is 0 Å². The topological polar surface area (TPSA) is 24.5 Å². The molecule has 0 aromatic carbocycles. The molecule has 0 bridgehead atoms. The highest BCUT2D eigenvalue weighted by molar-refractivity contribution is 4.77. The first kappa shape index (κ1) is 16.9. The third-order valence-electron chi connectivity index (χ3n) is 3.57. The van der Waals surface area contributed by atoms with Crippen molar-refractivity contribution in [1.82, 2.24) is 10.2 Å². The largest absolute Gasteiger partial charge is 0.381 e. The van der Waals surface area contributed by atoms with E-state index in [1.807, 2.05) is 0 Å². The van der Waals surface area contributed by atoms with Crippen LogP contribution in [0.25, 0.3) is 0 Å². The third-order valence-corrected chi connectivity index (χ3v) is 3.57. The van der Waals surface area contributed by atoms with Crippen molar-refractivity contribution < 1.29 is 4.74 Å². The minimum atomic E-state index is 0.656. The van der Waals surface area contributed by atoms with Crippen LogP contribution < -0.4 is 5.32 Å². The molecule has 1 heterocycles. The molecule has 19 heavy (non-hydrogen) atoms. The van der Waals surface area contributed by atoms with Crippen LogP contribution in [-0.4, -0.2) is 50.8 Å². The predicted molar refractivity (Wildman–Crippen MR) is 82.5 cm³/mol. The Morgan fingerprint density at radius 1 is 1.21 bits per heavy atom. The van der Waals surface area contributed by atoms with Crippen LogP contribution in [0, 0.1) is 17.8 Å². The zero-order valence-electron chi connectivity index (χ0n) is 13.5. The number of nitrogens with zero attached hydrogens (tertiary/aromatic N) is 1. The molecule has 1 fully saturated rings. The number of rotatable bonds is 10. The van der Waals surface area contributed by atoms with E-state index in [4.69, 9.17) is 4.74 Å². The lowest BCUT2D eigenvalue weighted by atomic mass is 10.1. The molecule has 0 spiro atoms. The van der Waals surface area contributed by atoms with Crippen LogP contribution in [0.5, 0.6) is 0 Å². The fourth-order valence-electron chi connectivity index (χ4n) is 2.57. The molecule has 1 unspecified atom stereocenters. The van der Waals surface area contributed by atoms with Crippen molar-refractivity contribution in [2.75, 3.05) is 45.9 Å². The van der Waals surface area contributed by atoms with E-state index in [9.17, 15) is 0 Å². The summed E-state index contributed by atoms with van der Waals surface area (Å²) >= 11 is 0. The molecule has 0 amide bonds. The Morgan fingerprint density at radius 2 is 2.00 bits per heavy atom. The molecule has 1 aliphatic rings. The van der Waals surface area contributed by atoms with Crippen LogP contribution in [0.3, 0.4) is 0 Å². The molecule has 1 rings (SSSR count). The van der Waals surface area contributed by atoms with E-state index in [1.165, 1.54) is 39.0 Å². The number of hydrogen-bond donors (Lipinski definition) is 1.